The fourth-order valence-corrected chi connectivity index (χ4v) is 3.29. The lowest BCUT2D eigenvalue weighted by atomic mass is 9.86. The largest absolute Gasteiger partial charge is 0.373 e. The number of aryl methyl sites for hydroxylation is 3. The van der Waals surface area contributed by atoms with Gasteiger partial charge in [0.25, 0.3) is 0 Å². The number of rotatable bonds is 4. The Kier molecular flexibility index (Phi) is 4.13. The maximum atomic E-state index is 6.17. The molecule has 1 saturated heterocycles. The van der Waals surface area contributed by atoms with Gasteiger partial charge in [0.05, 0.1) is 6.10 Å². The molecule has 2 nitrogen and oxygen atoms in total. The third-order valence-electron chi connectivity index (χ3n) is 4.88. The Balaban J connectivity index is 1.79. The highest BCUT2D eigenvalue weighted by atomic mass is 16.5. The van der Waals surface area contributed by atoms with Crippen molar-refractivity contribution in [2.24, 2.45) is 5.92 Å². The van der Waals surface area contributed by atoms with Crippen molar-refractivity contribution in [2.75, 3.05) is 13.2 Å². The Labute approximate surface area is 122 Å². The van der Waals surface area contributed by atoms with Crippen LogP contribution in [-0.4, -0.2) is 19.2 Å². The Morgan fingerprint density at radius 1 is 1.05 bits per heavy atom. The van der Waals surface area contributed by atoms with Crippen molar-refractivity contribution in [3.8, 4) is 0 Å². The van der Waals surface area contributed by atoms with Crippen molar-refractivity contribution < 1.29 is 4.74 Å². The summed E-state index contributed by atoms with van der Waals surface area (Å²) in [6, 6.07) is 5.46. The van der Waals surface area contributed by atoms with Gasteiger partial charge in [-0.1, -0.05) is 12.1 Å². The molecule has 0 bridgehead atoms. The second-order valence-corrected chi connectivity index (χ2v) is 6.67. The molecule has 110 valence electrons. The first kappa shape index (κ1) is 14.1. The van der Waals surface area contributed by atoms with E-state index in [9.17, 15) is 0 Å². The van der Waals surface area contributed by atoms with Gasteiger partial charge in [-0.3, -0.25) is 0 Å². The molecular weight excluding hydrogens is 246 g/mol. The first-order valence-electron chi connectivity index (χ1n) is 8.08. The van der Waals surface area contributed by atoms with Crippen LogP contribution in [0.25, 0.3) is 0 Å². The molecule has 0 aromatic heterocycles. The molecular formula is C18H27NO. The van der Waals surface area contributed by atoms with E-state index in [0.717, 1.165) is 19.2 Å². The van der Waals surface area contributed by atoms with E-state index in [1.54, 1.807) is 0 Å². The van der Waals surface area contributed by atoms with Crippen LogP contribution in [-0.2, 0) is 4.74 Å². The summed E-state index contributed by atoms with van der Waals surface area (Å²) >= 11 is 0. The normalized spacial score (nSPS) is 26.8. The molecule has 2 heteroatoms. The van der Waals surface area contributed by atoms with Gasteiger partial charge in [-0.05, 0) is 68.7 Å². The maximum Gasteiger partial charge on any atom is 0.0867 e. The van der Waals surface area contributed by atoms with Crippen LogP contribution in [0, 0.1) is 26.7 Å². The van der Waals surface area contributed by atoms with Crippen LogP contribution in [0.15, 0.2) is 12.1 Å². The molecule has 2 fully saturated rings. The molecule has 1 aromatic rings. The molecule has 1 aliphatic heterocycles. The average Bonchev–Trinajstić information content (AvgIpc) is 3.25. The van der Waals surface area contributed by atoms with E-state index in [-0.39, 0.29) is 6.10 Å². The molecule has 2 unspecified atom stereocenters. The number of hydrogen-bond donors (Lipinski definition) is 1. The second-order valence-electron chi connectivity index (χ2n) is 6.67. The summed E-state index contributed by atoms with van der Waals surface area (Å²) in [5, 5.41) is 3.69. The fourth-order valence-electron chi connectivity index (χ4n) is 3.29. The molecule has 1 aliphatic carbocycles. The Bertz CT molecular complexity index is 479. The van der Waals surface area contributed by atoms with Crippen molar-refractivity contribution in [1.29, 1.82) is 0 Å². The maximum absolute atomic E-state index is 6.17. The molecule has 1 heterocycles. The molecule has 3 rings (SSSR count). The highest BCUT2D eigenvalue weighted by Crippen LogP contribution is 2.36. The summed E-state index contributed by atoms with van der Waals surface area (Å²) in [5.41, 5.74) is 5.57. The Hall–Kier alpha value is -0.860. The molecule has 0 amide bonds. The highest BCUT2D eigenvalue weighted by Gasteiger charge is 2.30. The lowest BCUT2D eigenvalue weighted by molar-refractivity contribution is -0.0282. The van der Waals surface area contributed by atoms with Crippen molar-refractivity contribution in [3.05, 3.63) is 34.4 Å². The zero-order valence-corrected chi connectivity index (χ0v) is 13.0. The lowest BCUT2D eigenvalue weighted by Gasteiger charge is -2.33. The van der Waals surface area contributed by atoms with E-state index in [1.165, 1.54) is 47.9 Å². The topological polar surface area (TPSA) is 21.3 Å². The lowest BCUT2D eigenvalue weighted by Crippen LogP contribution is -2.33. The van der Waals surface area contributed by atoms with E-state index in [2.05, 4.69) is 38.2 Å². The van der Waals surface area contributed by atoms with Gasteiger partial charge in [0.2, 0.25) is 0 Å². The molecule has 0 spiro atoms. The monoisotopic (exact) mass is 273 g/mol. The smallest absolute Gasteiger partial charge is 0.0867 e. The van der Waals surface area contributed by atoms with Crippen LogP contribution in [0.2, 0.25) is 0 Å². The minimum atomic E-state index is 0.286. The van der Waals surface area contributed by atoms with Crippen LogP contribution >= 0.6 is 0 Å². The molecule has 1 N–H and O–H groups in total. The van der Waals surface area contributed by atoms with Gasteiger partial charge >= 0.3 is 0 Å². The molecule has 0 radical (unpaired) electrons. The predicted molar refractivity (Wildman–Crippen MR) is 83.1 cm³/mol. The van der Waals surface area contributed by atoms with Gasteiger partial charge in [-0.25, -0.2) is 0 Å². The quantitative estimate of drug-likeness (QED) is 0.900. The Morgan fingerprint density at radius 2 is 1.80 bits per heavy atom. The predicted octanol–water partition coefficient (Wildman–Crippen LogP) is 3.83. The van der Waals surface area contributed by atoms with Gasteiger partial charge < -0.3 is 10.1 Å². The SMILES string of the molecule is Cc1cc(C)c(C2OCCCC2CNC2CC2)cc1C. The number of hydrogen-bond acceptors (Lipinski definition) is 2. The first-order chi connectivity index (χ1) is 9.65. The van der Waals surface area contributed by atoms with Crippen LogP contribution in [0.1, 0.15) is 54.0 Å². The van der Waals surface area contributed by atoms with E-state index in [4.69, 9.17) is 4.74 Å². The number of benzene rings is 1. The molecule has 2 aliphatic rings. The summed E-state index contributed by atoms with van der Waals surface area (Å²) in [6.45, 7) is 8.66. The van der Waals surface area contributed by atoms with Gasteiger partial charge in [0, 0.05) is 25.1 Å². The summed E-state index contributed by atoms with van der Waals surface area (Å²) < 4.78 is 6.17. The van der Waals surface area contributed by atoms with Crippen LogP contribution in [0.5, 0.6) is 0 Å². The molecule has 2 atom stereocenters. The number of nitrogens with one attached hydrogen (secondary N) is 1. The molecule has 20 heavy (non-hydrogen) atoms. The first-order valence-corrected chi connectivity index (χ1v) is 8.08. The van der Waals surface area contributed by atoms with Crippen molar-refractivity contribution in [2.45, 2.75) is 58.6 Å². The van der Waals surface area contributed by atoms with Gasteiger partial charge in [-0.2, -0.15) is 0 Å². The fraction of sp³-hybridized carbons (Fsp3) is 0.667. The average molecular weight is 273 g/mol. The van der Waals surface area contributed by atoms with Gasteiger partial charge in [0.1, 0.15) is 0 Å². The third kappa shape index (κ3) is 3.07. The summed E-state index contributed by atoms with van der Waals surface area (Å²) in [4.78, 5) is 0. The van der Waals surface area contributed by atoms with Crippen LogP contribution < -0.4 is 5.32 Å². The summed E-state index contributed by atoms with van der Waals surface area (Å²) in [5.74, 6) is 0.630. The molecule has 1 aromatic carbocycles. The van der Waals surface area contributed by atoms with Crippen molar-refractivity contribution in [3.63, 3.8) is 0 Å². The van der Waals surface area contributed by atoms with E-state index < -0.39 is 0 Å². The molecule has 1 saturated carbocycles. The van der Waals surface area contributed by atoms with E-state index in [1.807, 2.05) is 0 Å². The van der Waals surface area contributed by atoms with Crippen molar-refractivity contribution in [1.82, 2.24) is 5.32 Å². The van der Waals surface area contributed by atoms with E-state index in [0.29, 0.717) is 5.92 Å². The Morgan fingerprint density at radius 3 is 2.55 bits per heavy atom. The zero-order chi connectivity index (χ0) is 14.1. The van der Waals surface area contributed by atoms with Crippen molar-refractivity contribution >= 4 is 0 Å². The zero-order valence-electron chi connectivity index (χ0n) is 13.0. The minimum Gasteiger partial charge on any atom is -0.373 e. The van der Waals surface area contributed by atoms with Crippen LogP contribution in [0.3, 0.4) is 0 Å². The second kappa shape index (κ2) is 5.87. The number of ether oxygens (including phenoxy) is 1. The van der Waals surface area contributed by atoms with Gasteiger partial charge in [-0.15, -0.1) is 0 Å². The third-order valence-corrected chi connectivity index (χ3v) is 4.88. The minimum absolute atomic E-state index is 0.286. The standard InChI is InChI=1S/C18H27NO/c1-12-9-14(3)17(10-13(12)2)18-15(5-4-8-20-18)11-19-16-6-7-16/h9-10,15-16,18-19H,4-8,11H2,1-3H3. The van der Waals surface area contributed by atoms with Crippen LogP contribution in [0.4, 0.5) is 0 Å². The highest BCUT2D eigenvalue weighted by molar-refractivity contribution is 5.38. The van der Waals surface area contributed by atoms with E-state index >= 15 is 0 Å². The summed E-state index contributed by atoms with van der Waals surface area (Å²) in [6.07, 6.45) is 5.50. The van der Waals surface area contributed by atoms with Gasteiger partial charge in [0.15, 0.2) is 0 Å². The summed E-state index contributed by atoms with van der Waals surface area (Å²) in [7, 11) is 0.